The molecule has 0 saturated carbocycles. The van der Waals surface area contributed by atoms with Crippen LogP contribution in [0, 0.1) is 5.41 Å². The summed E-state index contributed by atoms with van der Waals surface area (Å²) in [7, 11) is 1.45. The number of aliphatic carboxylic acids is 1. The zero-order valence-corrected chi connectivity index (χ0v) is 13.4. The summed E-state index contributed by atoms with van der Waals surface area (Å²) in [5.41, 5.74) is 5.11. The summed E-state index contributed by atoms with van der Waals surface area (Å²) in [6.07, 6.45) is 0. The number of hydrogen-bond donors (Lipinski definition) is 3. The van der Waals surface area contributed by atoms with Gasteiger partial charge >= 0.3 is 12.0 Å². The van der Waals surface area contributed by atoms with Crippen molar-refractivity contribution in [1.82, 2.24) is 9.80 Å². The summed E-state index contributed by atoms with van der Waals surface area (Å²) in [4.78, 5) is 37.4. The van der Waals surface area contributed by atoms with Gasteiger partial charge in [-0.25, -0.2) is 4.79 Å². The molecule has 0 aliphatic carbocycles. The van der Waals surface area contributed by atoms with E-state index in [1.54, 1.807) is 31.2 Å². The standard InChI is InChI=1S/C14H16N4O4.ClH/c1-14(9-5-3-8(4-6-9)11(15)16)12(21)18(7-10(19)20)13(22)17(14)2;/h3-6H,7H2,1-2H3,(H3,15,16)(H,19,20);1H. The number of nitrogens with one attached hydrogen (secondary N) is 1. The molecule has 9 heteroatoms. The molecule has 8 nitrogen and oxygen atoms in total. The predicted octanol–water partition coefficient (Wildman–Crippen LogP) is 0.586. The van der Waals surface area contributed by atoms with E-state index in [1.165, 1.54) is 11.9 Å². The van der Waals surface area contributed by atoms with Crippen LogP contribution in [0.25, 0.3) is 0 Å². The van der Waals surface area contributed by atoms with Crippen LogP contribution in [0.3, 0.4) is 0 Å². The van der Waals surface area contributed by atoms with E-state index >= 15 is 0 Å². The van der Waals surface area contributed by atoms with Crippen molar-refractivity contribution < 1.29 is 19.5 Å². The summed E-state index contributed by atoms with van der Waals surface area (Å²) in [6, 6.07) is 5.69. The van der Waals surface area contributed by atoms with Crippen LogP contribution in [0.15, 0.2) is 24.3 Å². The molecule has 2 rings (SSSR count). The van der Waals surface area contributed by atoms with E-state index in [9.17, 15) is 14.4 Å². The Balaban J connectivity index is 0.00000264. The van der Waals surface area contributed by atoms with E-state index in [0.717, 1.165) is 0 Å². The minimum Gasteiger partial charge on any atom is -0.480 e. The Bertz CT molecular complexity index is 676. The fourth-order valence-corrected chi connectivity index (χ4v) is 2.43. The molecule has 1 aliphatic rings. The monoisotopic (exact) mass is 340 g/mol. The number of likely N-dealkylation sites (N-methyl/N-ethyl adjacent to an activating group) is 1. The highest BCUT2D eigenvalue weighted by Crippen LogP contribution is 2.35. The number of nitrogen functional groups attached to an aromatic ring is 1. The fourth-order valence-electron chi connectivity index (χ4n) is 2.43. The minimum absolute atomic E-state index is 0. The Morgan fingerprint density at radius 3 is 2.26 bits per heavy atom. The van der Waals surface area contributed by atoms with Crippen LogP contribution in [-0.4, -0.2) is 52.2 Å². The Kier molecular flexibility index (Phi) is 5.01. The highest BCUT2D eigenvalue weighted by Gasteiger charge is 2.53. The van der Waals surface area contributed by atoms with Gasteiger partial charge in [-0.15, -0.1) is 12.4 Å². The third kappa shape index (κ3) is 2.85. The first-order chi connectivity index (χ1) is 10.2. The predicted molar refractivity (Wildman–Crippen MR) is 84.6 cm³/mol. The number of hydrogen-bond acceptors (Lipinski definition) is 4. The Morgan fingerprint density at radius 1 is 1.30 bits per heavy atom. The van der Waals surface area contributed by atoms with Crippen molar-refractivity contribution in [3.8, 4) is 0 Å². The molecule has 1 aromatic carbocycles. The van der Waals surface area contributed by atoms with Crippen molar-refractivity contribution in [2.75, 3.05) is 13.6 Å². The number of rotatable bonds is 4. The van der Waals surface area contributed by atoms with Crippen LogP contribution in [0.1, 0.15) is 18.1 Å². The number of benzene rings is 1. The number of carbonyl (C=O) groups excluding carboxylic acids is 2. The van der Waals surface area contributed by atoms with Gasteiger partial charge in [0.2, 0.25) is 0 Å². The minimum atomic E-state index is -1.29. The lowest BCUT2D eigenvalue weighted by atomic mass is 9.90. The first-order valence-electron chi connectivity index (χ1n) is 6.46. The number of nitrogens with zero attached hydrogens (tertiary/aromatic N) is 2. The quantitative estimate of drug-likeness (QED) is 0.420. The van der Waals surface area contributed by atoms with E-state index in [2.05, 4.69) is 0 Å². The lowest BCUT2D eigenvalue weighted by Crippen LogP contribution is -2.42. The Labute approximate surface area is 138 Å². The largest absolute Gasteiger partial charge is 0.480 e. The maximum atomic E-state index is 12.5. The van der Waals surface area contributed by atoms with Crippen molar-refractivity contribution in [3.63, 3.8) is 0 Å². The van der Waals surface area contributed by atoms with Crippen LogP contribution in [0.2, 0.25) is 0 Å². The molecular formula is C14H17ClN4O4. The first-order valence-corrected chi connectivity index (χ1v) is 6.46. The molecule has 0 radical (unpaired) electrons. The second kappa shape index (κ2) is 6.25. The smallest absolute Gasteiger partial charge is 0.328 e. The van der Waals surface area contributed by atoms with E-state index in [1.807, 2.05) is 0 Å². The number of amidine groups is 1. The van der Waals surface area contributed by atoms with Crippen LogP contribution in [0.4, 0.5) is 4.79 Å². The van der Waals surface area contributed by atoms with Gasteiger partial charge in [-0.05, 0) is 12.5 Å². The van der Waals surface area contributed by atoms with E-state index in [0.29, 0.717) is 16.0 Å². The number of imide groups is 1. The van der Waals surface area contributed by atoms with Gasteiger partial charge < -0.3 is 15.7 Å². The molecule has 1 aromatic rings. The molecule has 3 amide bonds. The Hall–Kier alpha value is -2.61. The molecular weight excluding hydrogens is 324 g/mol. The number of carboxylic acids is 1. The molecule has 0 aromatic heterocycles. The van der Waals surface area contributed by atoms with Crippen molar-refractivity contribution in [2.24, 2.45) is 5.73 Å². The SMILES string of the molecule is CN1C(=O)N(CC(=O)O)C(=O)C1(C)c1ccc(C(=N)N)cc1.Cl. The number of carbonyl (C=O) groups is 3. The van der Waals surface area contributed by atoms with Gasteiger partial charge in [0.25, 0.3) is 5.91 Å². The number of urea groups is 1. The van der Waals surface area contributed by atoms with E-state index < -0.39 is 30.0 Å². The summed E-state index contributed by atoms with van der Waals surface area (Å²) in [5.74, 6) is -1.96. The molecule has 1 atom stereocenters. The van der Waals surface area contributed by atoms with Crippen molar-refractivity contribution in [1.29, 1.82) is 5.41 Å². The number of amides is 3. The summed E-state index contributed by atoms with van der Waals surface area (Å²) >= 11 is 0. The summed E-state index contributed by atoms with van der Waals surface area (Å²) in [6.45, 7) is 0.876. The zero-order chi connectivity index (χ0) is 16.7. The average Bonchev–Trinajstić information content (AvgIpc) is 2.63. The lowest BCUT2D eigenvalue weighted by molar-refractivity contribution is -0.143. The van der Waals surface area contributed by atoms with Crippen LogP contribution in [0.5, 0.6) is 0 Å². The summed E-state index contributed by atoms with van der Waals surface area (Å²) < 4.78 is 0. The van der Waals surface area contributed by atoms with Gasteiger partial charge in [-0.1, -0.05) is 24.3 Å². The van der Waals surface area contributed by atoms with Gasteiger partial charge in [-0.2, -0.15) is 0 Å². The number of carboxylic acid groups (broad SMARTS) is 1. The molecule has 0 bridgehead atoms. The number of halogens is 1. The Morgan fingerprint density at radius 2 is 1.83 bits per heavy atom. The maximum absolute atomic E-state index is 12.5. The van der Waals surface area contributed by atoms with Gasteiger partial charge in [0, 0.05) is 12.6 Å². The van der Waals surface area contributed by atoms with Gasteiger partial charge in [-0.3, -0.25) is 19.9 Å². The van der Waals surface area contributed by atoms with Crippen molar-refractivity contribution in [2.45, 2.75) is 12.5 Å². The second-order valence-electron chi connectivity index (χ2n) is 5.19. The second-order valence-corrected chi connectivity index (χ2v) is 5.19. The molecule has 23 heavy (non-hydrogen) atoms. The normalized spacial score (nSPS) is 20.4. The van der Waals surface area contributed by atoms with Gasteiger partial charge in [0.1, 0.15) is 17.9 Å². The maximum Gasteiger partial charge on any atom is 0.328 e. The molecule has 0 spiro atoms. The van der Waals surface area contributed by atoms with Crippen LogP contribution >= 0.6 is 12.4 Å². The molecule has 124 valence electrons. The van der Waals surface area contributed by atoms with Crippen LogP contribution in [-0.2, 0) is 15.1 Å². The molecule has 1 saturated heterocycles. The highest BCUT2D eigenvalue weighted by atomic mass is 35.5. The zero-order valence-electron chi connectivity index (χ0n) is 12.6. The molecule has 1 aliphatic heterocycles. The van der Waals surface area contributed by atoms with Gasteiger partial charge in [0.15, 0.2) is 0 Å². The topological polar surface area (TPSA) is 128 Å². The third-order valence-electron chi connectivity index (χ3n) is 3.90. The highest BCUT2D eigenvalue weighted by molar-refractivity contribution is 6.08. The first kappa shape index (κ1) is 18.4. The van der Waals surface area contributed by atoms with Crippen molar-refractivity contribution in [3.05, 3.63) is 35.4 Å². The van der Waals surface area contributed by atoms with Crippen LogP contribution < -0.4 is 5.73 Å². The molecule has 1 unspecified atom stereocenters. The van der Waals surface area contributed by atoms with Gasteiger partial charge in [0.05, 0.1) is 0 Å². The molecule has 1 fully saturated rings. The molecule has 1 heterocycles. The summed E-state index contributed by atoms with van der Waals surface area (Å²) in [5, 5.41) is 16.2. The fraction of sp³-hybridized carbons (Fsp3) is 0.286. The van der Waals surface area contributed by atoms with E-state index in [-0.39, 0.29) is 18.2 Å². The molecule has 4 N–H and O–H groups in total. The lowest BCUT2D eigenvalue weighted by Gasteiger charge is -2.29. The van der Waals surface area contributed by atoms with E-state index in [4.69, 9.17) is 16.2 Å². The number of nitrogens with two attached hydrogens (primary N) is 1. The third-order valence-corrected chi connectivity index (χ3v) is 3.90. The average molecular weight is 341 g/mol. The van der Waals surface area contributed by atoms with Crippen molar-refractivity contribution >= 4 is 36.2 Å².